The van der Waals surface area contributed by atoms with Gasteiger partial charge >= 0.3 is 5.63 Å². The first kappa shape index (κ1) is 14.1. The maximum absolute atomic E-state index is 11.8. The molecule has 0 fully saturated rings. The number of carbonyl (C=O) groups excluding carboxylic acids is 1. The number of benzene rings is 1. The summed E-state index contributed by atoms with van der Waals surface area (Å²) >= 11 is 0. The standard InChI is InChI=1S/C16H17NO3/c1-3-17(4-2)14-8-7-12-10-13(6-5-9-18)16(19)20-15(12)11-14/h5-11H,3-4H2,1-2H3/b6-5+. The van der Waals surface area contributed by atoms with Crippen molar-refractivity contribution in [3.63, 3.8) is 0 Å². The van der Waals surface area contributed by atoms with Crippen LogP contribution in [0.2, 0.25) is 0 Å². The second kappa shape index (κ2) is 6.19. The van der Waals surface area contributed by atoms with Gasteiger partial charge in [-0.3, -0.25) is 4.79 Å². The number of hydrogen-bond acceptors (Lipinski definition) is 4. The molecular formula is C16H17NO3. The van der Waals surface area contributed by atoms with Gasteiger partial charge in [-0.15, -0.1) is 0 Å². The largest absolute Gasteiger partial charge is 0.422 e. The lowest BCUT2D eigenvalue weighted by Crippen LogP contribution is -2.21. The van der Waals surface area contributed by atoms with Gasteiger partial charge in [0.05, 0.1) is 5.56 Å². The molecule has 0 saturated heterocycles. The Bertz CT molecular complexity index is 696. The molecule has 0 spiro atoms. The highest BCUT2D eigenvalue weighted by Gasteiger charge is 2.06. The Hall–Kier alpha value is -2.36. The lowest BCUT2D eigenvalue weighted by molar-refractivity contribution is -0.104. The first-order chi connectivity index (χ1) is 9.69. The Kier molecular flexibility index (Phi) is 4.35. The molecule has 2 aromatic rings. The van der Waals surface area contributed by atoms with Crippen molar-refractivity contribution in [1.29, 1.82) is 0 Å². The van der Waals surface area contributed by atoms with E-state index in [1.165, 1.54) is 12.2 Å². The molecule has 1 heterocycles. The summed E-state index contributed by atoms with van der Waals surface area (Å²) in [7, 11) is 0. The second-order valence-electron chi connectivity index (χ2n) is 4.38. The number of allylic oxidation sites excluding steroid dienone is 1. The van der Waals surface area contributed by atoms with Crippen molar-refractivity contribution in [1.82, 2.24) is 0 Å². The summed E-state index contributed by atoms with van der Waals surface area (Å²) in [4.78, 5) is 24.3. The zero-order chi connectivity index (χ0) is 14.5. The van der Waals surface area contributed by atoms with E-state index in [1.807, 2.05) is 18.2 Å². The van der Waals surface area contributed by atoms with Gasteiger partial charge in [-0.2, -0.15) is 0 Å². The summed E-state index contributed by atoms with van der Waals surface area (Å²) in [6.07, 6.45) is 3.37. The molecule has 0 saturated carbocycles. The van der Waals surface area contributed by atoms with Crippen LogP contribution >= 0.6 is 0 Å². The van der Waals surface area contributed by atoms with Crippen LogP contribution in [0.15, 0.2) is 39.6 Å². The van der Waals surface area contributed by atoms with Crippen LogP contribution in [-0.2, 0) is 4.79 Å². The van der Waals surface area contributed by atoms with E-state index >= 15 is 0 Å². The van der Waals surface area contributed by atoms with Crippen molar-refractivity contribution in [2.75, 3.05) is 18.0 Å². The van der Waals surface area contributed by atoms with Gasteiger partial charge in [0.15, 0.2) is 0 Å². The van der Waals surface area contributed by atoms with Crippen molar-refractivity contribution in [3.8, 4) is 0 Å². The molecular weight excluding hydrogens is 254 g/mol. The predicted molar refractivity (Wildman–Crippen MR) is 81.1 cm³/mol. The fraction of sp³-hybridized carbons (Fsp3) is 0.250. The monoisotopic (exact) mass is 271 g/mol. The molecule has 4 nitrogen and oxygen atoms in total. The van der Waals surface area contributed by atoms with E-state index in [0.29, 0.717) is 17.4 Å². The van der Waals surface area contributed by atoms with Crippen LogP contribution in [0.4, 0.5) is 5.69 Å². The van der Waals surface area contributed by atoms with E-state index in [2.05, 4.69) is 18.7 Å². The Morgan fingerprint density at radius 1 is 1.20 bits per heavy atom. The van der Waals surface area contributed by atoms with Crippen molar-refractivity contribution in [2.45, 2.75) is 13.8 Å². The van der Waals surface area contributed by atoms with Crippen LogP contribution in [0.5, 0.6) is 0 Å². The number of aldehydes is 1. The lowest BCUT2D eigenvalue weighted by atomic mass is 10.1. The van der Waals surface area contributed by atoms with Crippen molar-refractivity contribution < 1.29 is 9.21 Å². The maximum atomic E-state index is 11.8. The van der Waals surface area contributed by atoms with Crippen LogP contribution in [0.3, 0.4) is 0 Å². The number of fused-ring (bicyclic) bond motifs is 1. The molecule has 20 heavy (non-hydrogen) atoms. The van der Waals surface area contributed by atoms with E-state index in [1.54, 1.807) is 6.07 Å². The summed E-state index contributed by atoms with van der Waals surface area (Å²) < 4.78 is 5.32. The maximum Gasteiger partial charge on any atom is 0.343 e. The van der Waals surface area contributed by atoms with Gasteiger partial charge in [0.1, 0.15) is 11.9 Å². The SMILES string of the molecule is CCN(CC)c1ccc2cc(/C=C/C=O)c(=O)oc2c1. The first-order valence-electron chi connectivity index (χ1n) is 6.64. The van der Waals surface area contributed by atoms with E-state index in [0.717, 1.165) is 24.2 Å². The van der Waals surface area contributed by atoms with Crippen LogP contribution in [0.25, 0.3) is 17.0 Å². The minimum atomic E-state index is -0.438. The van der Waals surface area contributed by atoms with Crippen LogP contribution in [0, 0.1) is 0 Å². The summed E-state index contributed by atoms with van der Waals surface area (Å²) in [6.45, 7) is 5.95. The highest BCUT2D eigenvalue weighted by molar-refractivity contribution is 5.83. The van der Waals surface area contributed by atoms with Crippen molar-refractivity contribution >= 4 is 29.0 Å². The molecule has 0 bridgehead atoms. The summed E-state index contributed by atoms with van der Waals surface area (Å²) in [5, 5.41) is 0.839. The van der Waals surface area contributed by atoms with Crippen LogP contribution in [0.1, 0.15) is 19.4 Å². The minimum absolute atomic E-state index is 0.375. The molecule has 0 aliphatic heterocycles. The van der Waals surface area contributed by atoms with Gasteiger partial charge in [0.25, 0.3) is 0 Å². The third kappa shape index (κ3) is 2.79. The molecule has 0 aliphatic carbocycles. The zero-order valence-corrected chi connectivity index (χ0v) is 11.6. The predicted octanol–water partition coefficient (Wildman–Crippen LogP) is 2.85. The number of hydrogen-bond donors (Lipinski definition) is 0. The fourth-order valence-electron chi connectivity index (χ4n) is 2.16. The third-order valence-corrected chi connectivity index (χ3v) is 3.23. The number of nitrogens with zero attached hydrogens (tertiary/aromatic N) is 1. The summed E-state index contributed by atoms with van der Waals surface area (Å²) in [6, 6.07) is 7.52. The van der Waals surface area contributed by atoms with Crippen LogP contribution < -0.4 is 10.5 Å². The Morgan fingerprint density at radius 3 is 2.60 bits per heavy atom. The molecule has 0 unspecified atom stereocenters. The number of carbonyl (C=O) groups is 1. The molecule has 2 rings (SSSR count). The number of anilines is 1. The average molecular weight is 271 g/mol. The third-order valence-electron chi connectivity index (χ3n) is 3.23. The highest BCUT2D eigenvalue weighted by atomic mass is 16.4. The normalized spacial score (nSPS) is 11.1. The van der Waals surface area contributed by atoms with Gasteiger partial charge in [-0.05, 0) is 44.2 Å². The van der Waals surface area contributed by atoms with Gasteiger partial charge in [0, 0.05) is 30.2 Å². The van der Waals surface area contributed by atoms with Gasteiger partial charge in [-0.1, -0.05) is 0 Å². The van der Waals surface area contributed by atoms with E-state index in [4.69, 9.17) is 4.42 Å². The summed E-state index contributed by atoms with van der Waals surface area (Å²) in [5.74, 6) is 0. The Labute approximate surface area is 117 Å². The fourth-order valence-corrected chi connectivity index (χ4v) is 2.16. The molecule has 0 amide bonds. The molecule has 0 radical (unpaired) electrons. The Balaban J connectivity index is 2.52. The quantitative estimate of drug-likeness (QED) is 0.476. The first-order valence-corrected chi connectivity index (χ1v) is 6.64. The van der Waals surface area contributed by atoms with Gasteiger partial charge < -0.3 is 9.32 Å². The Morgan fingerprint density at radius 2 is 1.95 bits per heavy atom. The topological polar surface area (TPSA) is 50.5 Å². The molecule has 4 heteroatoms. The van der Waals surface area contributed by atoms with Gasteiger partial charge in [0.2, 0.25) is 0 Å². The summed E-state index contributed by atoms with van der Waals surface area (Å²) in [5.41, 5.74) is 1.52. The zero-order valence-electron chi connectivity index (χ0n) is 11.6. The highest BCUT2D eigenvalue weighted by Crippen LogP contribution is 2.22. The van der Waals surface area contributed by atoms with E-state index in [-0.39, 0.29) is 0 Å². The van der Waals surface area contributed by atoms with Crippen molar-refractivity contribution in [2.24, 2.45) is 0 Å². The molecule has 1 aromatic heterocycles. The molecule has 0 N–H and O–H groups in total. The lowest BCUT2D eigenvalue weighted by Gasteiger charge is -2.20. The van der Waals surface area contributed by atoms with Crippen LogP contribution in [-0.4, -0.2) is 19.4 Å². The minimum Gasteiger partial charge on any atom is -0.422 e. The number of rotatable bonds is 5. The van der Waals surface area contributed by atoms with Gasteiger partial charge in [-0.25, -0.2) is 4.79 Å². The molecule has 104 valence electrons. The van der Waals surface area contributed by atoms with E-state index in [9.17, 15) is 9.59 Å². The molecule has 0 aliphatic rings. The van der Waals surface area contributed by atoms with E-state index < -0.39 is 5.63 Å². The van der Waals surface area contributed by atoms with Crippen molar-refractivity contribution in [3.05, 3.63) is 46.3 Å². The molecule has 0 atom stereocenters. The second-order valence-corrected chi connectivity index (χ2v) is 4.38. The smallest absolute Gasteiger partial charge is 0.343 e. The molecule has 1 aromatic carbocycles. The average Bonchev–Trinajstić information content (AvgIpc) is 2.46.